The van der Waals surface area contributed by atoms with Crippen LogP contribution in [0.5, 0.6) is 0 Å². The summed E-state index contributed by atoms with van der Waals surface area (Å²) in [6, 6.07) is 0. The molecule has 36 heavy (non-hydrogen) atoms. The molecule has 0 aromatic carbocycles. The standard InChI is InChI=1S/C31H48O5/c1-18(2)9-8-10-21(28(34)35)27-23-11-12-26-29(5)15-14-24(33)19(3)22(29)13-16-30(26,6)31(23,7)17-25(27)36-20(4)32/h9,19,22-26,33H,8,10-17H2,1-7H3,(H,34,35)/b27-21-/t19-,22?,23?,24+,25?,26?,29?,30-,31?/m0/s1. The minimum absolute atomic E-state index is 0.0346. The molecule has 4 rings (SSSR count). The average Bonchev–Trinajstić information content (AvgIpc) is 3.05. The third-order valence-corrected chi connectivity index (χ3v) is 11.6. The number of fused-ring (bicyclic) bond motifs is 5. The normalized spacial score (nSPS) is 45.1. The Morgan fingerprint density at radius 1 is 1.03 bits per heavy atom. The van der Waals surface area contributed by atoms with E-state index in [1.807, 2.05) is 13.8 Å². The highest BCUT2D eigenvalue weighted by Crippen LogP contribution is 2.74. The van der Waals surface area contributed by atoms with Crippen LogP contribution in [-0.4, -0.2) is 34.4 Å². The molecule has 2 N–H and O–H groups in total. The molecule has 6 unspecified atom stereocenters. The van der Waals surface area contributed by atoms with Gasteiger partial charge in [-0.15, -0.1) is 0 Å². The molecule has 0 aliphatic heterocycles. The van der Waals surface area contributed by atoms with E-state index >= 15 is 0 Å². The summed E-state index contributed by atoms with van der Waals surface area (Å²) >= 11 is 0. The maximum Gasteiger partial charge on any atom is 0.331 e. The van der Waals surface area contributed by atoms with Crippen molar-refractivity contribution in [1.29, 1.82) is 0 Å². The predicted molar refractivity (Wildman–Crippen MR) is 141 cm³/mol. The number of ether oxygens (including phenoxy) is 1. The largest absolute Gasteiger partial charge is 0.478 e. The second-order valence-electron chi connectivity index (χ2n) is 13.5. The van der Waals surface area contributed by atoms with E-state index < -0.39 is 12.1 Å². The minimum Gasteiger partial charge on any atom is -0.478 e. The molecule has 0 aromatic heterocycles. The quantitative estimate of drug-likeness (QED) is 0.249. The van der Waals surface area contributed by atoms with Crippen LogP contribution in [0.15, 0.2) is 22.8 Å². The Balaban J connectivity index is 1.77. The molecule has 5 heteroatoms. The molecular weight excluding hydrogens is 452 g/mol. The number of carbonyl (C=O) groups is 2. The molecule has 0 amide bonds. The zero-order valence-corrected chi connectivity index (χ0v) is 23.5. The summed E-state index contributed by atoms with van der Waals surface area (Å²) in [4.78, 5) is 24.8. The highest BCUT2D eigenvalue weighted by atomic mass is 16.5. The first-order valence-electron chi connectivity index (χ1n) is 14.2. The zero-order chi connectivity index (χ0) is 26.6. The number of carboxylic acid groups (broad SMARTS) is 1. The molecule has 0 radical (unpaired) electrons. The SMILES string of the molecule is CC(=O)OC1CC2(C)C(CCC3C4(C)CC[C@@H](O)[C@@H](C)C4CC[C@@]32C)/C1=C(\CCC=C(C)C)C(=O)O. The van der Waals surface area contributed by atoms with Crippen LogP contribution < -0.4 is 0 Å². The summed E-state index contributed by atoms with van der Waals surface area (Å²) < 4.78 is 5.92. The van der Waals surface area contributed by atoms with Gasteiger partial charge in [-0.25, -0.2) is 4.79 Å². The third kappa shape index (κ3) is 4.18. The number of aliphatic hydroxyl groups excluding tert-OH is 1. The van der Waals surface area contributed by atoms with Gasteiger partial charge in [-0.2, -0.15) is 0 Å². The van der Waals surface area contributed by atoms with Crippen molar-refractivity contribution >= 4 is 11.9 Å². The van der Waals surface area contributed by atoms with Crippen LogP contribution in [0.3, 0.4) is 0 Å². The Labute approximate surface area is 217 Å². The number of allylic oxidation sites excluding steroid dienone is 2. The highest BCUT2D eigenvalue weighted by Gasteiger charge is 2.68. The lowest BCUT2D eigenvalue weighted by Gasteiger charge is -2.68. The molecule has 5 nitrogen and oxygen atoms in total. The summed E-state index contributed by atoms with van der Waals surface area (Å²) in [7, 11) is 0. The van der Waals surface area contributed by atoms with Gasteiger partial charge in [0, 0.05) is 12.5 Å². The highest BCUT2D eigenvalue weighted by molar-refractivity contribution is 5.88. The fourth-order valence-corrected chi connectivity index (χ4v) is 9.72. The second-order valence-corrected chi connectivity index (χ2v) is 13.5. The molecule has 0 aromatic rings. The fraction of sp³-hybridized carbons (Fsp3) is 0.806. The van der Waals surface area contributed by atoms with Crippen LogP contribution in [0.4, 0.5) is 0 Å². The smallest absolute Gasteiger partial charge is 0.331 e. The van der Waals surface area contributed by atoms with E-state index in [9.17, 15) is 19.8 Å². The van der Waals surface area contributed by atoms with Gasteiger partial charge < -0.3 is 14.9 Å². The Morgan fingerprint density at radius 2 is 1.72 bits per heavy atom. The Morgan fingerprint density at radius 3 is 2.33 bits per heavy atom. The van der Waals surface area contributed by atoms with E-state index in [0.717, 1.165) is 44.1 Å². The Hall–Kier alpha value is -1.62. The van der Waals surface area contributed by atoms with Gasteiger partial charge in [0.05, 0.1) is 6.10 Å². The summed E-state index contributed by atoms with van der Waals surface area (Å²) in [6.45, 7) is 15.0. The number of esters is 1. The minimum atomic E-state index is -0.869. The fourth-order valence-electron chi connectivity index (χ4n) is 9.72. The van der Waals surface area contributed by atoms with Gasteiger partial charge in [0.2, 0.25) is 0 Å². The van der Waals surface area contributed by atoms with Gasteiger partial charge in [-0.1, -0.05) is 39.3 Å². The maximum absolute atomic E-state index is 12.6. The van der Waals surface area contributed by atoms with Crippen molar-refractivity contribution < 1.29 is 24.5 Å². The average molecular weight is 501 g/mol. The molecule has 4 aliphatic carbocycles. The monoisotopic (exact) mass is 500 g/mol. The molecule has 0 saturated heterocycles. The van der Waals surface area contributed by atoms with Crippen molar-refractivity contribution in [1.82, 2.24) is 0 Å². The Kier molecular flexibility index (Phi) is 7.31. The molecule has 4 saturated carbocycles. The van der Waals surface area contributed by atoms with Gasteiger partial charge in [0.25, 0.3) is 0 Å². The number of aliphatic carboxylic acids is 1. The summed E-state index contributed by atoms with van der Waals surface area (Å²) in [5, 5.41) is 21.0. The molecule has 0 spiro atoms. The number of carboxylic acids is 1. The number of hydrogen-bond donors (Lipinski definition) is 2. The molecule has 202 valence electrons. The molecule has 0 heterocycles. The van der Waals surface area contributed by atoms with Crippen molar-refractivity contribution in [3.63, 3.8) is 0 Å². The van der Waals surface area contributed by atoms with Gasteiger partial charge in [0.15, 0.2) is 0 Å². The number of aliphatic hydroxyl groups is 1. The third-order valence-electron chi connectivity index (χ3n) is 11.6. The number of hydrogen-bond acceptors (Lipinski definition) is 4. The summed E-state index contributed by atoms with van der Waals surface area (Å²) in [6.07, 6.45) is 9.44. The number of rotatable bonds is 5. The van der Waals surface area contributed by atoms with Gasteiger partial charge in [-0.3, -0.25) is 4.79 Å². The molecule has 4 fully saturated rings. The lowest BCUT2D eigenvalue weighted by atomic mass is 9.37. The van der Waals surface area contributed by atoms with Crippen molar-refractivity contribution in [3.8, 4) is 0 Å². The van der Waals surface area contributed by atoms with Crippen molar-refractivity contribution in [3.05, 3.63) is 22.8 Å². The first-order chi connectivity index (χ1) is 16.8. The van der Waals surface area contributed by atoms with Gasteiger partial charge in [0.1, 0.15) is 6.10 Å². The van der Waals surface area contributed by atoms with Crippen LogP contribution in [0, 0.1) is 39.9 Å². The first-order valence-corrected chi connectivity index (χ1v) is 14.2. The Bertz CT molecular complexity index is 960. The van der Waals surface area contributed by atoms with E-state index in [2.05, 4.69) is 33.8 Å². The molecule has 9 atom stereocenters. The first kappa shape index (κ1) is 27.4. The molecular formula is C31H48O5. The van der Waals surface area contributed by atoms with Crippen LogP contribution in [-0.2, 0) is 14.3 Å². The van der Waals surface area contributed by atoms with Gasteiger partial charge >= 0.3 is 11.9 Å². The topological polar surface area (TPSA) is 83.8 Å². The van der Waals surface area contributed by atoms with E-state index in [-0.39, 0.29) is 34.2 Å². The second kappa shape index (κ2) is 9.60. The van der Waals surface area contributed by atoms with Crippen LogP contribution >= 0.6 is 0 Å². The van der Waals surface area contributed by atoms with Gasteiger partial charge in [-0.05, 0) is 117 Å². The van der Waals surface area contributed by atoms with E-state index in [1.165, 1.54) is 12.5 Å². The van der Waals surface area contributed by atoms with Crippen LogP contribution in [0.1, 0.15) is 106 Å². The van der Waals surface area contributed by atoms with Crippen LogP contribution in [0.2, 0.25) is 0 Å². The summed E-state index contributed by atoms with van der Waals surface area (Å²) in [5.74, 6) is 0.288. The lowest BCUT2D eigenvalue weighted by molar-refractivity contribution is -0.198. The van der Waals surface area contributed by atoms with Crippen molar-refractivity contribution in [2.75, 3.05) is 0 Å². The van der Waals surface area contributed by atoms with Crippen LogP contribution in [0.25, 0.3) is 0 Å². The molecule has 0 bridgehead atoms. The maximum atomic E-state index is 12.6. The van der Waals surface area contributed by atoms with E-state index in [4.69, 9.17) is 4.74 Å². The summed E-state index contributed by atoms with van der Waals surface area (Å²) in [5.41, 5.74) is 2.62. The molecule has 4 aliphatic rings. The van der Waals surface area contributed by atoms with Crippen molar-refractivity contribution in [2.24, 2.45) is 39.9 Å². The van der Waals surface area contributed by atoms with E-state index in [0.29, 0.717) is 42.6 Å². The lowest BCUT2D eigenvalue weighted by Crippen LogP contribution is -2.61. The van der Waals surface area contributed by atoms with E-state index in [1.54, 1.807) is 0 Å². The number of carbonyl (C=O) groups excluding carboxylic acids is 1. The zero-order valence-electron chi connectivity index (χ0n) is 23.5. The van der Waals surface area contributed by atoms with Crippen molar-refractivity contribution in [2.45, 2.75) is 118 Å². The predicted octanol–water partition coefficient (Wildman–Crippen LogP) is 6.70.